The van der Waals surface area contributed by atoms with Crippen molar-refractivity contribution in [3.8, 4) is 0 Å². The summed E-state index contributed by atoms with van der Waals surface area (Å²) in [6.45, 7) is 3.54. The maximum atomic E-state index is 10.9. The Morgan fingerprint density at radius 3 is 2.73 bits per heavy atom. The van der Waals surface area contributed by atoms with Crippen molar-refractivity contribution in [3.63, 3.8) is 0 Å². The standard InChI is InChI=1S/C8H12O2S/c1-4-5-7(6-11-3)8(9)10-2/h4,6H,1,5H2,2-3H3/b7-6+. The maximum absolute atomic E-state index is 10.9. The fraction of sp³-hybridized carbons (Fsp3) is 0.375. The van der Waals surface area contributed by atoms with Gasteiger partial charge in [0.1, 0.15) is 0 Å². The lowest BCUT2D eigenvalue weighted by molar-refractivity contribution is -0.136. The van der Waals surface area contributed by atoms with Gasteiger partial charge >= 0.3 is 5.97 Å². The van der Waals surface area contributed by atoms with Gasteiger partial charge in [-0.1, -0.05) is 6.08 Å². The van der Waals surface area contributed by atoms with E-state index in [9.17, 15) is 4.79 Å². The highest BCUT2D eigenvalue weighted by Gasteiger charge is 2.05. The summed E-state index contributed by atoms with van der Waals surface area (Å²) in [5, 5.41) is 1.77. The van der Waals surface area contributed by atoms with E-state index in [-0.39, 0.29) is 5.97 Å². The SMILES string of the molecule is C=CC/C(=C\SC)C(=O)OC. The maximum Gasteiger partial charge on any atom is 0.334 e. The van der Waals surface area contributed by atoms with Gasteiger partial charge in [-0.15, -0.1) is 18.3 Å². The first kappa shape index (κ1) is 10.3. The molecule has 0 aliphatic rings. The molecule has 0 fully saturated rings. The van der Waals surface area contributed by atoms with Gasteiger partial charge in [-0.2, -0.15) is 0 Å². The van der Waals surface area contributed by atoms with Crippen LogP contribution >= 0.6 is 11.8 Å². The molecule has 3 heteroatoms. The summed E-state index contributed by atoms with van der Waals surface area (Å²) in [6.07, 6.45) is 4.14. The van der Waals surface area contributed by atoms with Crippen molar-refractivity contribution in [1.82, 2.24) is 0 Å². The third-order valence-corrected chi connectivity index (χ3v) is 1.59. The predicted molar refractivity (Wildman–Crippen MR) is 48.4 cm³/mol. The molecule has 2 nitrogen and oxygen atoms in total. The minimum absolute atomic E-state index is 0.278. The van der Waals surface area contributed by atoms with Crippen molar-refractivity contribution < 1.29 is 9.53 Å². The average Bonchev–Trinajstić information content (AvgIpc) is 2.03. The van der Waals surface area contributed by atoms with Gasteiger partial charge in [-0.05, 0) is 18.1 Å². The Kier molecular flexibility index (Phi) is 5.65. The number of ether oxygens (including phenoxy) is 1. The van der Waals surface area contributed by atoms with Gasteiger partial charge in [0.2, 0.25) is 0 Å². The molecule has 0 heterocycles. The Morgan fingerprint density at radius 2 is 2.36 bits per heavy atom. The second kappa shape index (κ2) is 6.04. The van der Waals surface area contributed by atoms with E-state index in [4.69, 9.17) is 0 Å². The minimum Gasteiger partial charge on any atom is -0.466 e. The molecule has 0 aromatic heterocycles. The van der Waals surface area contributed by atoms with E-state index in [1.54, 1.807) is 11.5 Å². The number of allylic oxidation sites excluding steroid dienone is 1. The Bertz CT molecular complexity index is 173. The molecule has 0 saturated carbocycles. The van der Waals surface area contributed by atoms with Crippen LogP contribution in [0.15, 0.2) is 23.6 Å². The van der Waals surface area contributed by atoms with Gasteiger partial charge in [0.25, 0.3) is 0 Å². The number of carbonyl (C=O) groups excluding carboxylic acids is 1. The molecule has 0 N–H and O–H groups in total. The molecule has 0 atom stereocenters. The summed E-state index contributed by atoms with van der Waals surface area (Å²) in [6, 6.07) is 0. The van der Waals surface area contributed by atoms with Crippen LogP contribution < -0.4 is 0 Å². The van der Waals surface area contributed by atoms with Crippen molar-refractivity contribution >= 4 is 17.7 Å². The lowest BCUT2D eigenvalue weighted by Gasteiger charge is -1.99. The first-order valence-corrected chi connectivity index (χ1v) is 4.46. The van der Waals surface area contributed by atoms with E-state index in [1.165, 1.54) is 18.9 Å². The third-order valence-electron chi connectivity index (χ3n) is 1.07. The molecular formula is C8H12O2S. The van der Waals surface area contributed by atoms with Crippen LogP contribution in [-0.4, -0.2) is 19.3 Å². The number of carbonyl (C=O) groups is 1. The molecule has 0 aromatic carbocycles. The summed E-state index contributed by atoms with van der Waals surface area (Å²) in [5.74, 6) is -0.278. The van der Waals surface area contributed by atoms with E-state index >= 15 is 0 Å². The van der Waals surface area contributed by atoms with Crippen molar-refractivity contribution in [1.29, 1.82) is 0 Å². The molecule has 0 saturated heterocycles. The van der Waals surface area contributed by atoms with E-state index in [1.807, 2.05) is 6.26 Å². The van der Waals surface area contributed by atoms with Gasteiger partial charge in [0.05, 0.1) is 7.11 Å². The Hall–Kier alpha value is -0.700. The number of esters is 1. The number of thioether (sulfide) groups is 1. The van der Waals surface area contributed by atoms with Crippen LogP contribution in [0.5, 0.6) is 0 Å². The molecule has 62 valence electrons. The van der Waals surface area contributed by atoms with Crippen LogP contribution in [0.3, 0.4) is 0 Å². The smallest absolute Gasteiger partial charge is 0.334 e. The van der Waals surface area contributed by atoms with Crippen molar-refractivity contribution in [3.05, 3.63) is 23.6 Å². The number of hydrogen-bond acceptors (Lipinski definition) is 3. The molecule has 0 unspecified atom stereocenters. The van der Waals surface area contributed by atoms with E-state index in [0.29, 0.717) is 12.0 Å². The van der Waals surface area contributed by atoms with Crippen LogP contribution in [0.2, 0.25) is 0 Å². The molecule has 0 aliphatic carbocycles. The van der Waals surface area contributed by atoms with Gasteiger partial charge in [0.15, 0.2) is 0 Å². The summed E-state index contributed by atoms with van der Waals surface area (Å²) in [5.41, 5.74) is 0.648. The van der Waals surface area contributed by atoms with Crippen molar-refractivity contribution in [2.45, 2.75) is 6.42 Å². The molecule has 0 spiro atoms. The first-order valence-electron chi connectivity index (χ1n) is 3.17. The van der Waals surface area contributed by atoms with Crippen LogP contribution in [0.4, 0.5) is 0 Å². The fourth-order valence-corrected chi connectivity index (χ4v) is 1.09. The highest BCUT2D eigenvalue weighted by atomic mass is 32.2. The zero-order valence-corrected chi connectivity index (χ0v) is 7.61. The summed E-state index contributed by atoms with van der Waals surface area (Å²) >= 11 is 1.48. The minimum atomic E-state index is -0.278. The average molecular weight is 172 g/mol. The van der Waals surface area contributed by atoms with Crippen LogP contribution in [0.1, 0.15) is 6.42 Å². The number of rotatable bonds is 4. The second-order valence-corrected chi connectivity index (χ2v) is 2.57. The lowest BCUT2D eigenvalue weighted by atomic mass is 10.2. The Balaban J connectivity index is 4.20. The molecular weight excluding hydrogens is 160 g/mol. The Labute approximate surface area is 71.3 Å². The molecule has 11 heavy (non-hydrogen) atoms. The van der Waals surface area contributed by atoms with Gasteiger partial charge in [0, 0.05) is 5.57 Å². The summed E-state index contributed by atoms with van der Waals surface area (Å²) in [4.78, 5) is 10.9. The molecule has 0 bridgehead atoms. The first-order chi connectivity index (χ1) is 5.26. The summed E-state index contributed by atoms with van der Waals surface area (Å²) in [7, 11) is 1.37. The van der Waals surface area contributed by atoms with Crippen molar-refractivity contribution in [2.75, 3.05) is 13.4 Å². The zero-order chi connectivity index (χ0) is 8.69. The monoisotopic (exact) mass is 172 g/mol. The highest BCUT2D eigenvalue weighted by Crippen LogP contribution is 2.09. The normalized spacial score (nSPS) is 10.9. The summed E-state index contributed by atoms with van der Waals surface area (Å²) < 4.78 is 4.55. The van der Waals surface area contributed by atoms with Gasteiger partial charge in [-0.3, -0.25) is 0 Å². The van der Waals surface area contributed by atoms with Crippen LogP contribution in [0.25, 0.3) is 0 Å². The topological polar surface area (TPSA) is 26.3 Å². The number of methoxy groups -OCH3 is 1. The molecule has 0 amide bonds. The largest absolute Gasteiger partial charge is 0.466 e. The zero-order valence-electron chi connectivity index (χ0n) is 6.79. The highest BCUT2D eigenvalue weighted by molar-refractivity contribution is 8.01. The second-order valence-electron chi connectivity index (χ2n) is 1.86. The molecule has 0 radical (unpaired) electrons. The van der Waals surface area contributed by atoms with E-state index in [0.717, 1.165) is 0 Å². The van der Waals surface area contributed by atoms with Crippen LogP contribution in [-0.2, 0) is 9.53 Å². The van der Waals surface area contributed by atoms with E-state index in [2.05, 4.69) is 11.3 Å². The van der Waals surface area contributed by atoms with E-state index < -0.39 is 0 Å². The molecule has 0 aliphatic heterocycles. The van der Waals surface area contributed by atoms with Gasteiger partial charge < -0.3 is 4.74 Å². The lowest BCUT2D eigenvalue weighted by Crippen LogP contribution is -2.03. The Morgan fingerprint density at radius 1 is 1.73 bits per heavy atom. The fourth-order valence-electron chi connectivity index (χ4n) is 0.608. The van der Waals surface area contributed by atoms with Crippen LogP contribution in [0, 0.1) is 0 Å². The third kappa shape index (κ3) is 3.88. The predicted octanol–water partition coefficient (Wildman–Crippen LogP) is 1.98. The van der Waals surface area contributed by atoms with Gasteiger partial charge in [-0.25, -0.2) is 4.79 Å². The molecule has 0 rings (SSSR count). The molecule has 0 aromatic rings. The quantitative estimate of drug-likeness (QED) is 0.368. The van der Waals surface area contributed by atoms with Crippen molar-refractivity contribution in [2.24, 2.45) is 0 Å². The number of hydrogen-bond donors (Lipinski definition) is 0.